The van der Waals surface area contributed by atoms with Crippen molar-refractivity contribution in [3.63, 3.8) is 0 Å². The van der Waals surface area contributed by atoms with Crippen molar-refractivity contribution in [2.75, 3.05) is 39.5 Å². The van der Waals surface area contributed by atoms with E-state index in [1.807, 2.05) is 48.5 Å². The minimum Gasteiger partial charge on any atom is -0.492 e. The highest BCUT2D eigenvalue weighted by atomic mass is 31.1. The fourth-order valence-electron chi connectivity index (χ4n) is 3.19. The van der Waals surface area contributed by atoms with E-state index in [-0.39, 0.29) is 27.1 Å². The van der Waals surface area contributed by atoms with Gasteiger partial charge in [-0.05, 0) is 35.4 Å². The van der Waals surface area contributed by atoms with Crippen molar-refractivity contribution in [1.29, 1.82) is 0 Å². The maximum atomic E-state index is 12.6. The van der Waals surface area contributed by atoms with Crippen LogP contribution in [0, 0.1) is 0 Å². The molecule has 2 unspecified atom stereocenters. The molecule has 2 aromatic carbocycles. The summed E-state index contributed by atoms with van der Waals surface area (Å²) in [6.07, 6.45) is -0.474. The number of rotatable bonds is 12. The summed E-state index contributed by atoms with van der Waals surface area (Å²) in [6, 6.07) is 15.6. The van der Waals surface area contributed by atoms with Gasteiger partial charge in [0.25, 0.3) is 0 Å². The third-order valence-corrected chi connectivity index (χ3v) is 5.96. The lowest BCUT2D eigenvalue weighted by atomic mass is 9.78. The Balaban J connectivity index is 1.57. The van der Waals surface area contributed by atoms with Crippen molar-refractivity contribution in [2.45, 2.75) is 31.0 Å². The predicted octanol–water partition coefficient (Wildman–Crippen LogP) is 4.08. The number of hydrogen-bond donors (Lipinski definition) is 1. The van der Waals surface area contributed by atoms with Crippen molar-refractivity contribution in [3.05, 3.63) is 59.7 Å². The summed E-state index contributed by atoms with van der Waals surface area (Å²) in [7, 11) is -0.239. The van der Waals surface area contributed by atoms with Crippen LogP contribution in [0.5, 0.6) is 11.5 Å². The van der Waals surface area contributed by atoms with Gasteiger partial charge in [0.1, 0.15) is 43.2 Å². The molecule has 0 spiro atoms. The van der Waals surface area contributed by atoms with E-state index in [0.717, 1.165) is 30.0 Å². The van der Waals surface area contributed by atoms with E-state index >= 15 is 0 Å². The van der Waals surface area contributed by atoms with E-state index in [9.17, 15) is 14.1 Å². The van der Waals surface area contributed by atoms with E-state index < -0.39 is 18.4 Å². The lowest BCUT2D eigenvalue weighted by Gasteiger charge is -2.26. The van der Waals surface area contributed by atoms with Gasteiger partial charge in [-0.25, -0.2) is 4.39 Å². The van der Waals surface area contributed by atoms with E-state index in [0.29, 0.717) is 12.3 Å². The predicted molar refractivity (Wildman–Crippen MR) is 116 cm³/mol. The monoisotopic (exact) mass is 433 g/mol. The second-order valence-electron chi connectivity index (χ2n) is 8.16. The second kappa shape index (κ2) is 10.3. The van der Waals surface area contributed by atoms with E-state index in [4.69, 9.17) is 9.47 Å². The molecule has 2 atom stereocenters. The van der Waals surface area contributed by atoms with Crippen molar-refractivity contribution >= 4 is 8.46 Å². The normalized spacial score (nSPS) is 16.3. The summed E-state index contributed by atoms with van der Waals surface area (Å²) in [6.45, 7) is 6.76. The SMILES string of the molecule is CC(C)(c1ccc(OCC(O)CN2CC2)cc1)c1ccc(OCC(CF)P=O)cc1. The number of ether oxygens (including phenoxy) is 2. The van der Waals surface area contributed by atoms with Gasteiger partial charge < -0.3 is 14.6 Å². The third-order valence-electron chi connectivity index (χ3n) is 5.37. The molecule has 1 N–H and O–H groups in total. The summed E-state index contributed by atoms with van der Waals surface area (Å²) in [4.78, 5) is 2.17. The number of nitrogens with zero attached hydrogens (tertiary/aromatic N) is 1. The third kappa shape index (κ3) is 6.24. The Hall–Kier alpha value is -2.01. The van der Waals surface area contributed by atoms with Gasteiger partial charge in [0.2, 0.25) is 0 Å². The van der Waals surface area contributed by atoms with Crippen molar-refractivity contribution in [3.8, 4) is 11.5 Å². The highest BCUT2D eigenvalue weighted by Gasteiger charge is 2.24. The molecule has 0 aromatic heterocycles. The quantitative estimate of drug-likeness (QED) is 0.404. The maximum absolute atomic E-state index is 12.6. The van der Waals surface area contributed by atoms with Crippen LogP contribution in [-0.4, -0.2) is 61.3 Å². The van der Waals surface area contributed by atoms with Crippen LogP contribution in [0.15, 0.2) is 48.5 Å². The average Bonchev–Trinajstić information content (AvgIpc) is 3.57. The number of aliphatic hydroxyl groups is 1. The molecule has 3 rings (SSSR count). The minimum absolute atomic E-state index is 0.0818. The van der Waals surface area contributed by atoms with Crippen molar-refractivity contribution in [2.24, 2.45) is 0 Å². The topological polar surface area (TPSA) is 58.8 Å². The average molecular weight is 433 g/mol. The van der Waals surface area contributed by atoms with Gasteiger partial charge in [0.05, 0.1) is 0 Å². The number of hydrogen-bond acceptors (Lipinski definition) is 5. The Morgan fingerprint density at radius 1 is 1.00 bits per heavy atom. The smallest absolute Gasteiger partial charge is 0.165 e. The van der Waals surface area contributed by atoms with Crippen LogP contribution < -0.4 is 9.47 Å². The van der Waals surface area contributed by atoms with Crippen LogP contribution in [0.4, 0.5) is 4.39 Å². The van der Waals surface area contributed by atoms with E-state index in [1.54, 1.807) is 0 Å². The van der Waals surface area contributed by atoms with Gasteiger partial charge in [-0.2, -0.15) is 0 Å². The highest BCUT2D eigenvalue weighted by molar-refractivity contribution is 7.24. The molecule has 162 valence electrons. The molecular formula is C23H29FNO4P. The highest BCUT2D eigenvalue weighted by Crippen LogP contribution is 2.33. The Labute approximate surface area is 179 Å². The molecule has 0 bridgehead atoms. The summed E-state index contributed by atoms with van der Waals surface area (Å²) in [5.74, 6) is 1.37. The minimum atomic E-state index is -0.673. The Morgan fingerprint density at radius 2 is 1.50 bits per heavy atom. The molecule has 2 aromatic rings. The van der Waals surface area contributed by atoms with Gasteiger partial charge in [0.15, 0.2) is 8.46 Å². The summed E-state index contributed by atoms with van der Waals surface area (Å²) >= 11 is 0. The van der Waals surface area contributed by atoms with Gasteiger partial charge >= 0.3 is 0 Å². The second-order valence-corrected chi connectivity index (χ2v) is 9.10. The molecule has 0 saturated carbocycles. The first kappa shape index (κ1) is 22.7. The molecule has 1 aliphatic rings. The zero-order valence-electron chi connectivity index (χ0n) is 17.5. The summed E-state index contributed by atoms with van der Waals surface area (Å²) < 4.78 is 34.7. The molecule has 0 aliphatic carbocycles. The van der Waals surface area contributed by atoms with E-state index in [1.165, 1.54) is 0 Å². The first-order valence-corrected chi connectivity index (χ1v) is 11.1. The van der Waals surface area contributed by atoms with Gasteiger partial charge in [-0.15, -0.1) is 0 Å². The van der Waals surface area contributed by atoms with Gasteiger partial charge in [-0.3, -0.25) is 9.46 Å². The Morgan fingerprint density at radius 3 is 1.93 bits per heavy atom. The molecule has 0 radical (unpaired) electrons. The number of halogens is 1. The molecule has 1 heterocycles. The van der Waals surface area contributed by atoms with Crippen LogP contribution >= 0.6 is 8.46 Å². The Bertz CT molecular complexity index is 809. The number of benzene rings is 2. The van der Waals surface area contributed by atoms with E-state index in [2.05, 4.69) is 18.7 Å². The van der Waals surface area contributed by atoms with Crippen LogP contribution in [0.25, 0.3) is 0 Å². The summed E-state index contributed by atoms with van der Waals surface area (Å²) in [5, 5.41) is 9.96. The number of aliphatic hydroxyl groups excluding tert-OH is 1. The van der Waals surface area contributed by atoms with Crippen molar-refractivity contribution < 1.29 is 23.5 Å². The Kier molecular flexibility index (Phi) is 7.81. The first-order valence-electron chi connectivity index (χ1n) is 10.2. The zero-order valence-corrected chi connectivity index (χ0v) is 18.4. The molecule has 0 amide bonds. The maximum Gasteiger partial charge on any atom is 0.165 e. The number of alkyl halides is 1. The first-order chi connectivity index (χ1) is 14.4. The van der Waals surface area contributed by atoms with Crippen LogP contribution in [0.3, 0.4) is 0 Å². The molecule has 1 aliphatic heterocycles. The molecule has 7 heteroatoms. The molecule has 1 fully saturated rings. The fraction of sp³-hybridized carbons (Fsp3) is 0.478. The lowest BCUT2D eigenvalue weighted by molar-refractivity contribution is 0.0943. The van der Waals surface area contributed by atoms with Gasteiger partial charge in [0, 0.05) is 25.0 Å². The number of β-amino-alcohol motifs (C(OH)–C–C–N with tert-alkyl or cyclic N) is 1. The van der Waals surface area contributed by atoms with Crippen LogP contribution in [0.1, 0.15) is 25.0 Å². The molecular weight excluding hydrogens is 404 g/mol. The molecule has 1 saturated heterocycles. The van der Waals surface area contributed by atoms with Crippen LogP contribution in [-0.2, 0) is 9.98 Å². The summed E-state index contributed by atoms with van der Waals surface area (Å²) in [5.41, 5.74) is 1.39. The van der Waals surface area contributed by atoms with Gasteiger partial charge in [-0.1, -0.05) is 38.1 Å². The van der Waals surface area contributed by atoms with Crippen molar-refractivity contribution in [1.82, 2.24) is 4.90 Å². The zero-order chi connectivity index (χ0) is 21.6. The standard InChI is InChI=1S/C23H29FNO4P/c1-23(2,18-5-9-21(10-6-18)29-16-22(13-24)30-27)17-3-7-20(8-4-17)28-15-19(26)14-25-11-12-25/h3-10,19,22,26H,11-16H2,1-2H3. The lowest BCUT2D eigenvalue weighted by Crippen LogP contribution is -2.26. The molecule has 5 nitrogen and oxygen atoms in total. The molecule has 30 heavy (non-hydrogen) atoms. The van der Waals surface area contributed by atoms with Crippen LogP contribution in [0.2, 0.25) is 0 Å². The largest absolute Gasteiger partial charge is 0.492 e. The fourth-order valence-corrected chi connectivity index (χ4v) is 3.39.